The molecule has 0 bridgehead atoms. The van der Waals surface area contributed by atoms with E-state index in [9.17, 15) is 0 Å². The number of rotatable bonds is 4. The molecule has 1 atom stereocenters. The fourth-order valence-electron chi connectivity index (χ4n) is 2.81. The quantitative estimate of drug-likeness (QED) is 0.881. The summed E-state index contributed by atoms with van der Waals surface area (Å²) in [5, 5.41) is 3.72. The summed E-state index contributed by atoms with van der Waals surface area (Å²) in [6.07, 6.45) is 5.10. The second-order valence-electron chi connectivity index (χ2n) is 5.60. The number of benzene rings is 1. The lowest BCUT2D eigenvalue weighted by atomic mass is 10.1. The van der Waals surface area contributed by atoms with E-state index in [0.29, 0.717) is 6.04 Å². The topological polar surface area (TPSA) is 15.3 Å². The van der Waals surface area contributed by atoms with Crippen LogP contribution in [0.5, 0.6) is 0 Å². The van der Waals surface area contributed by atoms with Gasteiger partial charge in [-0.15, -0.1) is 0 Å². The highest BCUT2D eigenvalue weighted by molar-refractivity contribution is 9.10. The van der Waals surface area contributed by atoms with Crippen molar-refractivity contribution in [2.45, 2.75) is 45.6 Å². The van der Waals surface area contributed by atoms with Crippen LogP contribution >= 0.6 is 15.9 Å². The van der Waals surface area contributed by atoms with Crippen LogP contribution in [0.2, 0.25) is 0 Å². The van der Waals surface area contributed by atoms with Gasteiger partial charge in [0.2, 0.25) is 0 Å². The van der Waals surface area contributed by atoms with Crippen LogP contribution in [0.1, 0.15) is 38.2 Å². The van der Waals surface area contributed by atoms with Gasteiger partial charge < -0.3 is 10.2 Å². The third-order valence-electron chi connectivity index (χ3n) is 3.84. The van der Waals surface area contributed by atoms with Crippen LogP contribution < -0.4 is 5.32 Å². The molecule has 106 valence electrons. The van der Waals surface area contributed by atoms with E-state index in [1.807, 2.05) is 0 Å². The van der Waals surface area contributed by atoms with E-state index in [0.717, 1.165) is 0 Å². The minimum Gasteiger partial charge on any atom is -0.381 e. The van der Waals surface area contributed by atoms with Crippen molar-refractivity contribution in [2.24, 2.45) is 0 Å². The summed E-state index contributed by atoms with van der Waals surface area (Å²) in [4.78, 5) is 2.60. The number of likely N-dealkylation sites (tertiary alicyclic amines) is 1. The molecule has 1 heterocycles. The maximum atomic E-state index is 3.72. The van der Waals surface area contributed by atoms with Gasteiger partial charge in [-0.1, -0.05) is 13.0 Å². The van der Waals surface area contributed by atoms with Crippen molar-refractivity contribution in [3.05, 3.63) is 28.2 Å². The zero-order chi connectivity index (χ0) is 13.7. The van der Waals surface area contributed by atoms with E-state index in [4.69, 9.17) is 0 Å². The van der Waals surface area contributed by atoms with Gasteiger partial charge in [0.25, 0.3) is 0 Å². The van der Waals surface area contributed by atoms with E-state index in [-0.39, 0.29) is 0 Å². The Kier molecular flexibility index (Phi) is 5.71. The van der Waals surface area contributed by atoms with Gasteiger partial charge in [-0.25, -0.2) is 0 Å². The van der Waals surface area contributed by atoms with Crippen molar-refractivity contribution >= 4 is 21.6 Å². The molecule has 2 nitrogen and oxygen atoms in total. The molecule has 0 aliphatic carbocycles. The second-order valence-corrected chi connectivity index (χ2v) is 6.45. The third-order valence-corrected chi connectivity index (χ3v) is 4.53. The maximum absolute atomic E-state index is 3.72. The summed E-state index contributed by atoms with van der Waals surface area (Å²) in [5.74, 6) is 0. The molecule has 1 saturated heterocycles. The molecule has 0 aromatic heterocycles. The largest absolute Gasteiger partial charge is 0.381 e. The Morgan fingerprint density at radius 2 is 2.16 bits per heavy atom. The molecule has 0 amide bonds. The monoisotopic (exact) mass is 324 g/mol. The van der Waals surface area contributed by atoms with Crippen LogP contribution in [0.25, 0.3) is 0 Å². The highest BCUT2D eigenvalue weighted by Crippen LogP contribution is 2.26. The van der Waals surface area contributed by atoms with Crippen molar-refractivity contribution in [1.82, 2.24) is 4.90 Å². The number of aryl methyl sites for hydroxylation is 1. The van der Waals surface area contributed by atoms with Crippen LogP contribution in [0.15, 0.2) is 22.7 Å². The number of nitrogens with one attached hydrogen (secondary N) is 1. The van der Waals surface area contributed by atoms with Crippen molar-refractivity contribution in [2.75, 3.05) is 25.0 Å². The number of halogens is 1. The summed E-state index contributed by atoms with van der Waals surface area (Å²) >= 11 is 3.64. The Bertz CT molecular complexity index is 406. The maximum Gasteiger partial charge on any atom is 0.0489 e. The molecule has 1 aliphatic rings. The Morgan fingerprint density at radius 1 is 1.32 bits per heavy atom. The normalized spacial score (nSPS) is 21.1. The van der Waals surface area contributed by atoms with Crippen molar-refractivity contribution in [3.8, 4) is 0 Å². The molecule has 1 fully saturated rings. The average molecular weight is 325 g/mol. The predicted octanol–water partition coefficient (Wildman–Crippen LogP) is 4.43. The van der Waals surface area contributed by atoms with Gasteiger partial charge in [0.1, 0.15) is 0 Å². The summed E-state index contributed by atoms with van der Waals surface area (Å²) in [7, 11) is 0. The van der Waals surface area contributed by atoms with Crippen molar-refractivity contribution in [1.29, 1.82) is 0 Å². The Hall–Kier alpha value is -0.540. The lowest BCUT2D eigenvalue weighted by Gasteiger charge is -2.20. The molecule has 2 rings (SSSR count). The number of hydrogen-bond donors (Lipinski definition) is 1. The standard InChI is InChI=1S/C16H25BrN2/c1-3-9-19-10-4-5-14(8-11-19)18-16-12-13(2)6-7-15(16)17/h6-7,12,14,18H,3-5,8-11H2,1-2H3. The van der Waals surface area contributed by atoms with Gasteiger partial charge in [0.15, 0.2) is 0 Å². The zero-order valence-corrected chi connectivity index (χ0v) is 13.7. The van der Waals surface area contributed by atoms with Crippen molar-refractivity contribution < 1.29 is 0 Å². The Morgan fingerprint density at radius 3 is 2.95 bits per heavy atom. The molecule has 3 heteroatoms. The van der Waals surface area contributed by atoms with E-state index >= 15 is 0 Å². The lowest BCUT2D eigenvalue weighted by Crippen LogP contribution is -2.27. The molecule has 1 aromatic rings. The van der Waals surface area contributed by atoms with Gasteiger partial charge in [-0.05, 0) is 79.3 Å². The Balaban J connectivity index is 1.94. The predicted molar refractivity (Wildman–Crippen MR) is 86.9 cm³/mol. The van der Waals surface area contributed by atoms with E-state index in [1.165, 1.54) is 61.0 Å². The minimum atomic E-state index is 0.611. The molecule has 1 unspecified atom stereocenters. The fourth-order valence-corrected chi connectivity index (χ4v) is 3.17. The smallest absolute Gasteiger partial charge is 0.0489 e. The number of anilines is 1. The van der Waals surface area contributed by atoms with Crippen LogP contribution in [-0.4, -0.2) is 30.6 Å². The number of hydrogen-bond acceptors (Lipinski definition) is 2. The average Bonchev–Trinajstić information content (AvgIpc) is 2.60. The molecule has 19 heavy (non-hydrogen) atoms. The van der Waals surface area contributed by atoms with E-state index in [1.54, 1.807) is 0 Å². The summed E-state index contributed by atoms with van der Waals surface area (Å²) in [6, 6.07) is 7.13. The van der Waals surface area contributed by atoms with Crippen LogP contribution in [0.4, 0.5) is 5.69 Å². The van der Waals surface area contributed by atoms with Gasteiger partial charge in [0.05, 0.1) is 0 Å². The highest BCUT2D eigenvalue weighted by atomic mass is 79.9. The summed E-state index contributed by atoms with van der Waals surface area (Å²) < 4.78 is 1.17. The SMILES string of the molecule is CCCN1CCCC(Nc2cc(C)ccc2Br)CC1. The molecule has 1 aromatic carbocycles. The Labute approximate surface area is 125 Å². The van der Waals surface area contributed by atoms with Gasteiger partial charge >= 0.3 is 0 Å². The minimum absolute atomic E-state index is 0.611. The van der Waals surface area contributed by atoms with Crippen molar-refractivity contribution in [3.63, 3.8) is 0 Å². The van der Waals surface area contributed by atoms with E-state index in [2.05, 4.69) is 58.2 Å². The van der Waals surface area contributed by atoms with Crippen LogP contribution in [0.3, 0.4) is 0 Å². The molecule has 0 saturated carbocycles. The first-order chi connectivity index (χ1) is 9.19. The first kappa shape index (κ1) is 14.9. The second kappa shape index (κ2) is 7.30. The summed E-state index contributed by atoms with van der Waals surface area (Å²) in [6.45, 7) is 8.16. The molecule has 0 radical (unpaired) electrons. The number of nitrogens with zero attached hydrogens (tertiary/aromatic N) is 1. The summed E-state index contributed by atoms with van der Waals surface area (Å²) in [5.41, 5.74) is 2.56. The van der Waals surface area contributed by atoms with E-state index < -0.39 is 0 Å². The van der Waals surface area contributed by atoms with Crippen LogP contribution in [-0.2, 0) is 0 Å². The first-order valence-electron chi connectivity index (χ1n) is 7.44. The van der Waals surface area contributed by atoms with Crippen LogP contribution in [0, 0.1) is 6.92 Å². The lowest BCUT2D eigenvalue weighted by molar-refractivity contribution is 0.285. The van der Waals surface area contributed by atoms with Gasteiger partial charge in [0, 0.05) is 22.7 Å². The fraction of sp³-hybridized carbons (Fsp3) is 0.625. The first-order valence-corrected chi connectivity index (χ1v) is 8.23. The van der Waals surface area contributed by atoms with Gasteiger partial charge in [-0.2, -0.15) is 0 Å². The van der Waals surface area contributed by atoms with Gasteiger partial charge in [-0.3, -0.25) is 0 Å². The molecular weight excluding hydrogens is 300 g/mol. The molecule has 1 aliphatic heterocycles. The molecule has 1 N–H and O–H groups in total. The molecular formula is C16H25BrN2. The highest BCUT2D eigenvalue weighted by Gasteiger charge is 2.16. The zero-order valence-electron chi connectivity index (χ0n) is 12.1. The molecule has 0 spiro atoms. The third kappa shape index (κ3) is 4.50.